The van der Waals surface area contributed by atoms with Crippen LogP contribution in [0.4, 0.5) is 0 Å². The number of nitrogens with zero attached hydrogens (tertiary/aromatic N) is 1. The van der Waals surface area contributed by atoms with E-state index in [0.717, 1.165) is 17.6 Å². The van der Waals surface area contributed by atoms with Crippen molar-refractivity contribution in [3.63, 3.8) is 0 Å². The minimum atomic E-state index is -0.00810. The standard InChI is InChI=1S/C13H14N2OS/c1-8-7-15-10(13(16)14-2)6-9-4-3-5-11(17-8)12(9)15/h3-6,8H,7H2,1-2H3,(H,14,16)/t8-/m1/s1. The molecule has 0 radical (unpaired) electrons. The first-order valence-corrected chi connectivity index (χ1v) is 6.59. The zero-order valence-corrected chi connectivity index (χ0v) is 10.7. The lowest BCUT2D eigenvalue weighted by molar-refractivity contribution is 0.0954. The summed E-state index contributed by atoms with van der Waals surface area (Å²) in [4.78, 5) is 13.1. The van der Waals surface area contributed by atoms with Gasteiger partial charge in [-0.1, -0.05) is 19.1 Å². The summed E-state index contributed by atoms with van der Waals surface area (Å²) in [6, 6.07) is 8.24. The van der Waals surface area contributed by atoms with E-state index in [9.17, 15) is 4.79 Å². The zero-order valence-electron chi connectivity index (χ0n) is 9.86. The fourth-order valence-electron chi connectivity index (χ4n) is 2.40. The summed E-state index contributed by atoms with van der Waals surface area (Å²) in [5.41, 5.74) is 1.97. The number of nitrogens with one attached hydrogen (secondary N) is 1. The van der Waals surface area contributed by atoms with E-state index in [-0.39, 0.29) is 5.91 Å². The predicted octanol–water partition coefficient (Wildman–Crippen LogP) is 2.50. The minimum Gasteiger partial charge on any atom is -0.354 e. The molecule has 3 nitrogen and oxygen atoms in total. The Bertz CT molecular complexity index is 603. The van der Waals surface area contributed by atoms with Crippen molar-refractivity contribution in [2.75, 3.05) is 7.05 Å². The van der Waals surface area contributed by atoms with Crippen LogP contribution in [-0.2, 0) is 6.54 Å². The van der Waals surface area contributed by atoms with Gasteiger partial charge in [-0.2, -0.15) is 0 Å². The molecule has 1 amide bonds. The van der Waals surface area contributed by atoms with Gasteiger partial charge in [-0.25, -0.2) is 0 Å². The van der Waals surface area contributed by atoms with Crippen molar-refractivity contribution in [1.82, 2.24) is 9.88 Å². The number of thioether (sulfide) groups is 1. The summed E-state index contributed by atoms with van der Waals surface area (Å²) in [7, 11) is 1.68. The van der Waals surface area contributed by atoms with E-state index >= 15 is 0 Å². The van der Waals surface area contributed by atoms with Crippen LogP contribution in [0.2, 0.25) is 0 Å². The number of para-hydroxylation sites is 1. The molecule has 0 bridgehead atoms. The van der Waals surface area contributed by atoms with E-state index in [0.29, 0.717) is 5.25 Å². The third-order valence-corrected chi connectivity index (χ3v) is 4.25. The van der Waals surface area contributed by atoms with Gasteiger partial charge in [-0.3, -0.25) is 4.79 Å². The molecule has 0 unspecified atom stereocenters. The number of rotatable bonds is 1. The molecule has 0 saturated heterocycles. The van der Waals surface area contributed by atoms with Crippen LogP contribution in [0.25, 0.3) is 10.9 Å². The highest BCUT2D eigenvalue weighted by Crippen LogP contribution is 2.37. The predicted molar refractivity (Wildman–Crippen MR) is 70.6 cm³/mol. The maximum atomic E-state index is 11.9. The smallest absolute Gasteiger partial charge is 0.267 e. The van der Waals surface area contributed by atoms with E-state index in [1.807, 2.05) is 17.8 Å². The molecule has 88 valence electrons. The second-order valence-electron chi connectivity index (χ2n) is 4.34. The average molecular weight is 246 g/mol. The lowest BCUT2D eigenvalue weighted by Crippen LogP contribution is -2.24. The molecular weight excluding hydrogens is 232 g/mol. The van der Waals surface area contributed by atoms with Gasteiger partial charge < -0.3 is 9.88 Å². The van der Waals surface area contributed by atoms with Crippen LogP contribution in [-0.4, -0.2) is 22.8 Å². The topological polar surface area (TPSA) is 34.0 Å². The van der Waals surface area contributed by atoms with Crippen LogP contribution in [0.3, 0.4) is 0 Å². The van der Waals surface area contributed by atoms with E-state index < -0.39 is 0 Å². The van der Waals surface area contributed by atoms with Crippen molar-refractivity contribution in [2.24, 2.45) is 0 Å². The maximum Gasteiger partial charge on any atom is 0.267 e. The summed E-state index contributed by atoms with van der Waals surface area (Å²) in [6.07, 6.45) is 0. The molecule has 1 N–H and O–H groups in total. The van der Waals surface area contributed by atoms with E-state index in [1.165, 1.54) is 10.4 Å². The van der Waals surface area contributed by atoms with Gasteiger partial charge in [-0.15, -0.1) is 11.8 Å². The maximum absolute atomic E-state index is 11.9. The number of hydrogen-bond acceptors (Lipinski definition) is 2. The van der Waals surface area contributed by atoms with Crippen molar-refractivity contribution >= 4 is 28.6 Å². The Hall–Kier alpha value is -1.42. The molecule has 3 rings (SSSR count). The van der Waals surface area contributed by atoms with Gasteiger partial charge in [0.25, 0.3) is 5.91 Å². The monoisotopic (exact) mass is 246 g/mol. The zero-order chi connectivity index (χ0) is 12.0. The van der Waals surface area contributed by atoms with Crippen molar-refractivity contribution in [2.45, 2.75) is 23.6 Å². The Labute approximate surface area is 104 Å². The van der Waals surface area contributed by atoms with Gasteiger partial charge in [0.1, 0.15) is 5.69 Å². The van der Waals surface area contributed by atoms with Gasteiger partial charge in [0.15, 0.2) is 0 Å². The number of hydrogen-bond donors (Lipinski definition) is 1. The molecule has 1 aliphatic heterocycles. The lowest BCUT2D eigenvalue weighted by atomic mass is 10.2. The fourth-order valence-corrected chi connectivity index (χ4v) is 3.56. The molecular formula is C13H14N2OS. The summed E-state index contributed by atoms with van der Waals surface area (Å²) in [5, 5.41) is 4.37. The number of aromatic nitrogens is 1. The summed E-state index contributed by atoms with van der Waals surface area (Å²) in [6.45, 7) is 3.09. The molecule has 0 spiro atoms. The summed E-state index contributed by atoms with van der Waals surface area (Å²) >= 11 is 1.88. The highest BCUT2D eigenvalue weighted by atomic mass is 32.2. The van der Waals surface area contributed by atoms with Crippen molar-refractivity contribution in [3.8, 4) is 0 Å². The first-order chi connectivity index (χ1) is 8.20. The molecule has 1 aromatic heterocycles. The Morgan fingerprint density at radius 1 is 1.53 bits per heavy atom. The Kier molecular flexibility index (Phi) is 2.40. The molecule has 0 fully saturated rings. The van der Waals surface area contributed by atoms with Gasteiger partial charge in [0, 0.05) is 29.1 Å². The molecule has 1 aromatic carbocycles. The highest BCUT2D eigenvalue weighted by Gasteiger charge is 2.23. The first kappa shape index (κ1) is 10.7. The number of benzene rings is 1. The van der Waals surface area contributed by atoms with Gasteiger partial charge in [-0.05, 0) is 12.1 Å². The van der Waals surface area contributed by atoms with E-state index in [1.54, 1.807) is 7.05 Å². The van der Waals surface area contributed by atoms with Gasteiger partial charge >= 0.3 is 0 Å². The molecule has 2 aromatic rings. The van der Waals surface area contributed by atoms with Gasteiger partial charge in [0.05, 0.1) is 5.52 Å². The normalized spacial score (nSPS) is 18.4. The van der Waals surface area contributed by atoms with Crippen molar-refractivity contribution < 1.29 is 4.79 Å². The van der Waals surface area contributed by atoms with Crippen LogP contribution < -0.4 is 5.32 Å². The van der Waals surface area contributed by atoms with Crippen molar-refractivity contribution in [1.29, 1.82) is 0 Å². The summed E-state index contributed by atoms with van der Waals surface area (Å²) < 4.78 is 2.14. The average Bonchev–Trinajstić information content (AvgIpc) is 2.69. The SMILES string of the molecule is CNC(=O)c1cc2cccc3c2n1C[C@@H](C)S3. The third-order valence-electron chi connectivity index (χ3n) is 3.11. The Balaban J connectivity index is 2.31. The van der Waals surface area contributed by atoms with Crippen LogP contribution in [0.1, 0.15) is 17.4 Å². The van der Waals surface area contributed by atoms with Crippen LogP contribution >= 0.6 is 11.8 Å². The first-order valence-electron chi connectivity index (χ1n) is 5.71. The molecule has 0 aliphatic carbocycles. The second kappa shape index (κ2) is 3.81. The van der Waals surface area contributed by atoms with E-state index in [4.69, 9.17) is 0 Å². The molecule has 1 aliphatic rings. The molecule has 2 heterocycles. The Morgan fingerprint density at radius 3 is 3.12 bits per heavy atom. The van der Waals surface area contributed by atoms with Crippen LogP contribution in [0.15, 0.2) is 29.2 Å². The third kappa shape index (κ3) is 1.55. The number of amides is 1. The van der Waals surface area contributed by atoms with Gasteiger partial charge in [0.2, 0.25) is 0 Å². The second-order valence-corrected chi connectivity index (χ2v) is 5.82. The number of carbonyl (C=O) groups is 1. The van der Waals surface area contributed by atoms with Crippen LogP contribution in [0.5, 0.6) is 0 Å². The van der Waals surface area contributed by atoms with E-state index in [2.05, 4.69) is 35.0 Å². The van der Waals surface area contributed by atoms with Crippen LogP contribution in [0, 0.1) is 0 Å². The largest absolute Gasteiger partial charge is 0.354 e. The molecule has 4 heteroatoms. The Morgan fingerprint density at radius 2 is 2.35 bits per heavy atom. The molecule has 1 atom stereocenters. The highest BCUT2D eigenvalue weighted by molar-refractivity contribution is 8.00. The molecule has 0 saturated carbocycles. The summed E-state index contributed by atoms with van der Waals surface area (Å²) in [5.74, 6) is -0.00810. The minimum absolute atomic E-state index is 0.00810. The number of carbonyl (C=O) groups excluding carboxylic acids is 1. The molecule has 17 heavy (non-hydrogen) atoms. The quantitative estimate of drug-likeness (QED) is 0.839. The van der Waals surface area contributed by atoms with Crippen molar-refractivity contribution in [3.05, 3.63) is 30.0 Å². The lowest BCUT2D eigenvalue weighted by Gasteiger charge is -2.22. The fraction of sp³-hybridized carbons (Fsp3) is 0.308.